The maximum atomic E-state index is 6.60. The molecule has 0 spiro atoms. The van der Waals surface area contributed by atoms with E-state index < -0.39 is 5.54 Å². The Labute approximate surface area is 121 Å². The van der Waals surface area contributed by atoms with E-state index in [1.54, 1.807) is 0 Å². The van der Waals surface area contributed by atoms with Gasteiger partial charge in [-0.05, 0) is 67.9 Å². The molecule has 1 atom stereocenters. The van der Waals surface area contributed by atoms with E-state index in [1.807, 2.05) is 19.2 Å². The van der Waals surface area contributed by atoms with Crippen LogP contribution in [-0.4, -0.2) is 4.98 Å². The Morgan fingerprint density at radius 2 is 1.70 bits per heavy atom. The van der Waals surface area contributed by atoms with Gasteiger partial charge < -0.3 is 5.73 Å². The third-order valence-corrected chi connectivity index (χ3v) is 4.46. The zero-order chi connectivity index (χ0) is 14.2. The zero-order valence-electron chi connectivity index (χ0n) is 12.3. The Morgan fingerprint density at radius 1 is 1.00 bits per heavy atom. The fraction of sp³-hybridized carbons (Fsp3) is 0.389. The second kappa shape index (κ2) is 5.02. The van der Waals surface area contributed by atoms with E-state index in [9.17, 15) is 0 Å². The van der Waals surface area contributed by atoms with E-state index in [0.29, 0.717) is 0 Å². The Balaban J connectivity index is 2.00. The molecule has 0 saturated heterocycles. The number of hydrogen-bond donors (Lipinski definition) is 1. The van der Waals surface area contributed by atoms with Gasteiger partial charge in [-0.2, -0.15) is 0 Å². The quantitative estimate of drug-likeness (QED) is 0.903. The van der Waals surface area contributed by atoms with Gasteiger partial charge in [0.25, 0.3) is 0 Å². The molecule has 1 heterocycles. The molecule has 0 amide bonds. The molecule has 1 aliphatic carbocycles. The summed E-state index contributed by atoms with van der Waals surface area (Å²) in [5.41, 5.74) is 12.4. The molecule has 2 N–H and O–H groups in total. The van der Waals surface area contributed by atoms with E-state index in [1.165, 1.54) is 42.4 Å². The van der Waals surface area contributed by atoms with Gasteiger partial charge in [-0.25, -0.2) is 0 Å². The highest BCUT2D eigenvalue weighted by atomic mass is 14.8. The zero-order valence-corrected chi connectivity index (χ0v) is 12.3. The van der Waals surface area contributed by atoms with Gasteiger partial charge in [0.15, 0.2) is 0 Å². The van der Waals surface area contributed by atoms with Crippen LogP contribution in [-0.2, 0) is 18.4 Å². The number of pyridine rings is 1. The lowest BCUT2D eigenvalue weighted by molar-refractivity contribution is 0.595. The Bertz CT molecular complexity index is 612. The second-order valence-corrected chi connectivity index (χ2v) is 6.08. The number of hydrogen-bond acceptors (Lipinski definition) is 2. The van der Waals surface area contributed by atoms with Crippen LogP contribution in [0.25, 0.3) is 0 Å². The van der Waals surface area contributed by atoms with E-state index in [4.69, 9.17) is 5.73 Å². The summed E-state index contributed by atoms with van der Waals surface area (Å²) >= 11 is 0. The van der Waals surface area contributed by atoms with E-state index in [2.05, 4.69) is 36.2 Å². The van der Waals surface area contributed by atoms with Crippen LogP contribution in [0.4, 0.5) is 0 Å². The maximum absolute atomic E-state index is 6.60. The molecule has 3 rings (SSSR count). The summed E-state index contributed by atoms with van der Waals surface area (Å²) in [5.74, 6) is 0. The number of aromatic nitrogens is 1. The first kappa shape index (κ1) is 13.3. The molecule has 0 radical (unpaired) electrons. The molecular formula is C18H22N2. The Hall–Kier alpha value is -1.67. The minimum Gasteiger partial charge on any atom is -0.318 e. The van der Waals surface area contributed by atoms with Crippen molar-refractivity contribution in [1.82, 2.24) is 4.98 Å². The molecule has 1 aliphatic rings. The van der Waals surface area contributed by atoms with Gasteiger partial charge in [0.1, 0.15) is 0 Å². The summed E-state index contributed by atoms with van der Waals surface area (Å²) in [6.07, 6.45) is 6.90. The van der Waals surface area contributed by atoms with Gasteiger partial charge >= 0.3 is 0 Å². The van der Waals surface area contributed by atoms with Gasteiger partial charge in [-0.1, -0.05) is 24.3 Å². The number of benzene rings is 1. The van der Waals surface area contributed by atoms with Crippen molar-refractivity contribution < 1.29 is 0 Å². The molecule has 2 heteroatoms. The second-order valence-electron chi connectivity index (χ2n) is 6.08. The fourth-order valence-electron chi connectivity index (χ4n) is 3.00. The summed E-state index contributed by atoms with van der Waals surface area (Å²) in [5, 5.41) is 0. The molecule has 20 heavy (non-hydrogen) atoms. The summed E-state index contributed by atoms with van der Waals surface area (Å²) in [6.45, 7) is 4.07. The monoisotopic (exact) mass is 266 g/mol. The molecule has 104 valence electrons. The van der Waals surface area contributed by atoms with Crippen molar-refractivity contribution >= 4 is 0 Å². The molecule has 1 unspecified atom stereocenters. The van der Waals surface area contributed by atoms with E-state index in [0.717, 1.165) is 11.3 Å². The highest BCUT2D eigenvalue weighted by Gasteiger charge is 2.25. The smallest absolute Gasteiger partial charge is 0.0652 e. The first-order valence-corrected chi connectivity index (χ1v) is 7.41. The van der Waals surface area contributed by atoms with Crippen LogP contribution < -0.4 is 5.73 Å². The van der Waals surface area contributed by atoms with Crippen LogP contribution in [0.5, 0.6) is 0 Å². The normalized spacial score (nSPS) is 17.4. The summed E-state index contributed by atoms with van der Waals surface area (Å²) in [7, 11) is 0. The molecular weight excluding hydrogens is 244 g/mol. The molecule has 1 aromatic carbocycles. The lowest BCUT2D eigenvalue weighted by atomic mass is 9.82. The first-order chi connectivity index (χ1) is 9.57. The van der Waals surface area contributed by atoms with Gasteiger partial charge in [-0.3, -0.25) is 4.98 Å². The minimum atomic E-state index is -0.479. The standard InChI is InChI=1S/C18H22N2/c1-13-7-9-17(12-20-13)18(2,19)16-10-8-14-5-3-4-6-15(14)11-16/h7-12H,3-6,19H2,1-2H3. The van der Waals surface area contributed by atoms with Crippen LogP contribution in [0.1, 0.15) is 47.7 Å². The van der Waals surface area contributed by atoms with Crippen LogP contribution in [0.3, 0.4) is 0 Å². The molecule has 2 aromatic rings. The average molecular weight is 266 g/mol. The predicted molar refractivity (Wildman–Crippen MR) is 82.7 cm³/mol. The number of nitrogens with zero attached hydrogens (tertiary/aromatic N) is 1. The van der Waals surface area contributed by atoms with Crippen LogP contribution in [0, 0.1) is 6.92 Å². The molecule has 1 aromatic heterocycles. The summed E-state index contributed by atoms with van der Waals surface area (Å²) < 4.78 is 0. The van der Waals surface area contributed by atoms with Crippen LogP contribution in [0.15, 0.2) is 36.5 Å². The van der Waals surface area contributed by atoms with E-state index >= 15 is 0 Å². The lowest BCUT2D eigenvalue weighted by Crippen LogP contribution is -2.34. The molecule has 0 aliphatic heterocycles. The van der Waals surface area contributed by atoms with Crippen LogP contribution in [0.2, 0.25) is 0 Å². The number of fused-ring (bicyclic) bond motifs is 1. The largest absolute Gasteiger partial charge is 0.318 e. The Morgan fingerprint density at radius 3 is 2.40 bits per heavy atom. The van der Waals surface area contributed by atoms with Crippen molar-refractivity contribution in [2.75, 3.05) is 0 Å². The van der Waals surface area contributed by atoms with Crippen molar-refractivity contribution in [3.63, 3.8) is 0 Å². The highest BCUT2D eigenvalue weighted by Crippen LogP contribution is 2.30. The average Bonchev–Trinajstić information content (AvgIpc) is 2.47. The predicted octanol–water partition coefficient (Wildman–Crippen LogP) is 3.49. The molecule has 0 bridgehead atoms. The maximum Gasteiger partial charge on any atom is 0.0652 e. The van der Waals surface area contributed by atoms with Crippen molar-refractivity contribution in [2.24, 2.45) is 5.73 Å². The van der Waals surface area contributed by atoms with Crippen molar-refractivity contribution in [2.45, 2.75) is 45.1 Å². The molecule has 0 saturated carbocycles. The van der Waals surface area contributed by atoms with Gasteiger partial charge in [0.2, 0.25) is 0 Å². The van der Waals surface area contributed by atoms with Gasteiger partial charge in [0.05, 0.1) is 5.54 Å². The summed E-state index contributed by atoms with van der Waals surface area (Å²) in [4.78, 5) is 4.38. The van der Waals surface area contributed by atoms with E-state index in [-0.39, 0.29) is 0 Å². The lowest BCUT2D eigenvalue weighted by Gasteiger charge is -2.28. The number of rotatable bonds is 2. The molecule has 2 nitrogen and oxygen atoms in total. The number of nitrogens with two attached hydrogens (primary N) is 1. The van der Waals surface area contributed by atoms with Crippen molar-refractivity contribution in [3.05, 3.63) is 64.5 Å². The molecule has 0 fully saturated rings. The van der Waals surface area contributed by atoms with Gasteiger partial charge in [-0.15, -0.1) is 0 Å². The Kier molecular flexibility index (Phi) is 3.35. The third-order valence-electron chi connectivity index (χ3n) is 4.46. The minimum absolute atomic E-state index is 0.479. The first-order valence-electron chi connectivity index (χ1n) is 7.41. The van der Waals surface area contributed by atoms with Crippen molar-refractivity contribution in [3.8, 4) is 0 Å². The van der Waals surface area contributed by atoms with Crippen molar-refractivity contribution in [1.29, 1.82) is 0 Å². The van der Waals surface area contributed by atoms with Gasteiger partial charge in [0, 0.05) is 11.9 Å². The highest BCUT2D eigenvalue weighted by molar-refractivity contribution is 5.41. The van der Waals surface area contributed by atoms with Crippen LogP contribution >= 0.6 is 0 Å². The fourth-order valence-corrected chi connectivity index (χ4v) is 3.00. The SMILES string of the molecule is Cc1ccc(C(C)(N)c2ccc3c(c2)CCCC3)cn1. The third kappa shape index (κ3) is 2.36. The summed E-state index contributed by atoms with van der Waals surface area (Å²) in [6, 6.07) is 10.9. The topological polar surface area (TPSA) is 38.9 Å². The number of aryl methyl sites for hydroxylation is 3.